The molecule has 0 unspecified atom stereocenters. The van der Waals surface area contributed by atoms with E-state index in [0.717, 1.165) is 49.0 Å². The summed E-state index contributed by atoms with van der Waals surface area (Å²) < 4.78 is 8.01. The Labute approximate surface area is 180 Å². The molecule has 2 aliphatic rings. The second kappa shape index (κ2) is 8.00. The van der Waals surface area contributed by atoms with E-state index in [1.165, 1.54) is 0 Å². The molecule has 2 fully saturated rings. The number of hydrogen-bond acceptors (Lipinski definition) is 5. The molecule has 8 nitrogen and oxygen atoms in total. The molecule has 5 rings (SSSR count). The summed E-state index contributed by atoms with van der Waals surface area (Å²) in [7, 11) is 2.12. The number of aromatic nitrogens is 3. The first-order chi connectivity index (χ1) is 15.1. The highest BCUT2D eigenvalue weighted by Gasteiger charge is 2.30. The van der Waals surface area contributed by atoms with E-state index >= 15 is 0 Å². The van der Waals surface area contributed by atoms with Crippen LogP contribution >= 0.6 is 0 Å². The molecule has 4 heterocycles. The van der Waals surface area contributed by atoms with Crippen LogP contribution in [-0.2, 0) is 4.79 Å². The highest BCUT2D eigenvalue weighted by Crippen LogP contribution is 2.32. The normalized spacial score (nSPS) is 18.8. The molecule has 1 saturated heterocycles. The summed E-state index contributed by atoms with van der Waals surface area (Å²) >= 11 is 0. The summed E-state index contributed by atoms with van der Waals surface area (Å²) in [6, 6.07) is 9.76. The zero-order valence-electron chi connectivity index (χ0n) is 17.5. The van der Waals surface area contributed by atoms with Crippen molar-refractivity contribution in [2.45, 2.75) is 19.3 Å². The van der Waals surface area contributed by atoms with Crippen LogP contribution in [0.3, 0.4) is 0 Å². The summed E-state index contributed by atoms with van der Waals surface area (Å²) in [6.07, 6.45) is 6.60. The molecule has 1 atom stereocenters. The SMILES string of the molecule is CN1CC[C@@H](COc2cnc(C#N)cc2-c2cc[n+]3[nH]c(NC(=O)C4CC4)cc3c2)C1. The number of ether oxygens (including phenoxy) is 1. The van der Waals surface area contributed by atoms with Crippen LogP contribution in [0.25, 0.3) is 16.6 Å². The zero-order chi connectivity index (χ0) is 21.4. The van der Waals surface area contributed by atoms with E-state index in [-0.39, 0.29) is 11.8 Å². The van der Waals surface area contributed by atoms with Crippen LogP contribution in [0.1, 0.15) is 25.0 Å². The average Bonchev–Trinajstić information content (AvgIpc) is 3.43. The number of likely N-dealkylation sites (tertiary alicyclic amines) is 1. The summed E-state index contributed by atoms with van der Waals surface area (Å²) in [5.74, 6) is 2.05. The van der Waals surface area contributed by atoms with Crippen molar-refractivity contribution in [1.82, 2.24) is 15.0 Å². The van der Waals surface area contributed by atoms with Crippen molar-refractivity contribution >= 4 is 17.2 Å². The van der Waals surface area contributed by atoms with E-state index in [1.807, 2.05) is 28.9 Å². The molecule has 3 aromatic rings. The van der Waals surface area contributed by atoms with Gasteiger partial charge < -0.3 is 15.0 Å². The minimum atomic E-state index is 0.0634. The fourth-order valence-corrected chi connectivity index (χ4v) is 4.07. The van der Waals surface area contributed by atoms with Crippen LogP contribution < -0.4 is 14.6 Å². The highest BCUT2D eigenvalue weighted by atomic mass is 16.5. The van der Waals surface area contributed by atoms with Gasteiger partial charge in [-0.05, 0) is 44.5 Å². The first-order valence-electron chi connectivity index (χ1n) is 10.7. The fourth-order valence-electron chi connectivity index (χ4n) is 4.07. The van der Waals surface area contributed by atoms with Gasteiger partial charge in [-0.2, -0.15) is 5.26 Å². The van der Waals surface area contributed by atoms with Gasteiger partial charge in [-0.3, -0.25) is 4.79 Å². The van der Waals surface area contributed by atoms with Crippen molar-refractivity contribution in [3.05, 3.63) is 42.4 Å². The smallest absolute Gasteiger partial charge is 0.240 e. The third kappa shape index (κ3) is 4.23. The number of nitrogens with one attached hydrogen (secondary N) is 2. The molecule has 0 radical (unpaired) electrons. The number of aromatic amines is 1. The number of nitriles is 1. The molecule has 0 bridgehead atoms. The fraction of sp³-hybridized carbons (Fsp3) is 0.391. The van der Waals surface area contributed by atoms with Gasteiger partial charge in [0.2, 0.25) is 17.6 Å². The maximum atomic E-state index is 12.1. The van der Waals surface area contributed by atoms with Crippen molar-refractivity contribution in [2.75, 3.05) is 32.1 Å². The van der Waals surface area contributed by atoms with Gasteiger partial charge in [0.15, 0.2) is 5.82 Å². The van der Waals surface area contributed by atoms with E-state index in [0.29, 0.717) is 29.8 Å². The van der Waals surface area contributed by atoms with Gasteiger partial charge >= 0.3 is 0 Å². The summed E-state index contributed by atoms with van der Waals surface area (Å²) in [6.45, 7) is 2.75. The molecule has 2 N–H and O–H groups in total. The number of hydrogen-bond donors (Lipinski definition) is 2. The Morgan fingerprint density at radius 1 is 1.39 bits per heavy atom. The maximum Gasteiger partial charge on any atom is 0.240 e. The molecule has 0 aromatic carbocycles. The molecule has 1 saturated carbocycles. The van der Waals surface area contributed by atoms with Gasteiger partial charge in [0.1, 0.15) is 17.5 Å². The summed E-state index contributed by atoms with van der Waals surface area (Å²) in [4.78, 5) is 18.6. The Morgan fingerprint density at radius 3 is 3.00 bits per heavy atom. The van der Waals surface area contributed by atoms with Crippen molar-refractivity contribution in [1.29, 1.82) is 5.26 Å². The van der Waals surface area contributed by atoms with Crippen LogP contribution in [0.5, 0.6) is 5.75 Å². The topological polar surface area (TPSA) is 98.1 Å². The molecular formula is C23H25N6O2+. The molecule has 1 aliphatic heterocycles. The Morgan fingerprint density at radius 2 is 2.26 bits per heavy atom. The molecule has 31 heavy (non-hydrogen) atoms. The summed E-state index contributed by atoms with van der Waals surface area (Å²) in [5, 5.41) is 15.4. The van der Waals surface area contributed by atoms with Gasteiger partial charge in [-0.15, -0.1) is 5.10 Å². The number of fused-ring (bicyclic) bond motifs is 1. The molecule has 1 aliphatic carbocycles. The number of amides is 1. The van der Waals surface area contributed by atoms with Gasteiger partial charge in [0.25, 0.3) is 0 Å². The lowest BCUT2D eigenvalue weighted by Gasteiger charge is -2.15. The Kier molecular flexibility index (Phi) is 5.04. The molecule has 1 amide bonds. The van der Waals surface area contributed by atoms with Crippen molar-refractivity contribution in [3.8, 4) is 22.9 Å². The number of rotatable bonds is 6. The van der Waals surface area contributed by atoms with E-state index in [1.54, 1.807) is 12.3 Å². The summed E-state index contributed by atoms with van der Waals surface area (Å²) in [5.41, 5.74) is 3.02. The number of pyridine rings is 2. The largest absolute Gasteiger partial charge is 0.491 e. The Balaban J connectivity index is 1.42. The first kappa shape index (κ1) is 19.5. The minimum Gasteiger partial charge on any atom is -0.491 e. The van der Waals surface area contributed by atoms with Gasteiger partial charge in [-0.1, -0.05) is 4.52 Å². The van der Waals surface area contributed by atoms with Crippen molar-refractivity contribution in [3.63, 3.8) is 0 Å². The zero-order valence-corrected chi connectivity index (χ0v) is 17.5. The van der Waals surface area contributed by atoms with Crippen LogP contribution in [0, 0.1) is 23.2 Å². The lowest BCUT2D eigenvalue weighted by atomic mass is 10.1. The minimum absolute atomic E-state index is 0.0634. The third-order valence-electron chi connectivity index (χ3n) is 5.98. The van der Waals surface area contributed by atoms with E-state index in [4.69, 9.17) is 4.74 Å². The second-order valence-corrected chi connectivity index (χ2v) is 8.55. The number of nitrogens with zero attached hydrogens (tertiary/aromatic N) is 4. The predicted octanol–water partition coefficient (Wildman–Crippen LogP) is 2.37. The van der Waals surface area contributed by atoms with Crippen LogP contribution in [-0.4, -0.2) is 47.6 Å². The van der Waals surface area contributed by atoms with Gasteiger partial charge in [0.05, 0.1) is 18.9 Å². The quantitative estimate of drug-likeness (QED) is 0.600. The molecule has 3 aromatic heterocycles. The van der Waals surface area contributed by atoms with Gasteiger partial charge in [-0.25, -0.2) is 4.98 Å². The molecule has 0 spiro atoms. The van der Waals surface area contributed by atoms with E-state index < -0.39 is 0 Å². The van der Waals surface area contributed by atoms with Crippen molar-refractivity contribution in [2.24, 2.45) is 11.8 Å². The first-order valence-corrected chi connectivity index (χ1v) is 10.7. The van der Waals surface area contributed by atoms with Crippen LogP contribution in [0.4, 0.5) is 5.82 Å². The highest BCUT2D eigenvalue weighted by molar-refractivity contribution is 5.93. The number of carbonyl (C=O) groups is 1. The maximum absolute atomic E-state index is 12.1. The Hall–Kier alpha value is -3.44. The molecule has 158 valence electrons. The number of H-pyrrole nitrogens is 1. The number of carbonyl (C=O) groups excluding carboxylic acids is 1. The Bertz CT molecular complexity index is 1180. The monoisotopic (exact) mass is 417 g/mol. The average molecular weight is 417 g/mol. The van der Waals surface area contributed by atoms with E-state index in [2.05, 4.69) is 33.4 Å². The lowest BCUT2D eigenvalue weighted by Crippen LogP contribution is -2.23. The standard InChI is InChI=1S/C23H24N6O2/c1-28-6-4-15(13-28)14-31-21-12-25-18(11-24)9-20(21)17-5-7-29-19(8-17)10-22(27-29)26-23(30)16-2-3-16/h5,7-10,12,15-16H,2-4,6,13-14H2,1H3,(H,26,27,30)/p+1/t15-/m1/s1. The van der Waals surface area contributed by atoms with E-state index in [9.17, 15) is 10.1 Å². The number of anilines is 1. The van der Waals surface area contributed by atoms with Crippen molar-refractivity contribution < 1.29 is 14.0 Å². The van der Waals surface area contributed by atoms with Gasteiger partial charge in [0, 0.05) is 36.1 Å². The molecular weight excluding hydrogens is 392 g/mol. The van der Waals surface area contributed by atoms with Crippen LogP contribution in [0.15, 0.2) is 36.7 Å². The van der Waals surface area contributed by atoms with Crippen LogP contribution in [0.2, 0.25) is 0 Å². The predicted molar refractivity (Wildman–Crippen MR) is 114 cm³/mol. The third-order valence-corrected chi connectivity index (χ3v) is 5.98. The lowest BCUT2D eigenvalue weighted by molar-refractivity contribution is -0.575. The molecule has 8 heteroatoms. The second-order valence-electron chi connectivity index (χ2n) is 8.55.